The molecule has 0 aliphatic heterocycles. The molecule has 4 N–H and O–H groups in total. The van der Waals surface area contributed by atoms with Crippen molar-refractivity contribution in [3.05, 3.63) is 33.9 Å². The van der Waals surface area contributed by atoms with Gasteiger partial charge in [-0.15, -0.1) is 12.4 Å². The Morgan fingerprint density at radius 2 is 2.22 bits per heavy atom. The fourth-order valence-electron chi connectivity index (χ4n) is 1.21. The van der Waals surface area contributed by atoms with Crippen LogP contribution in [-0.4, -0.2) is 31.0 Å². The summed E-state index contributed by atoms with van der Waals surface area (Å²) in [6, 6.07) is 4.33. The van der Waals surface area contributed by atoms with Crippen molar-refractivity contribution in [2.45, 2.75) is 0 Å². The zero-order chi connectivity index (χ0) is 12.8. The lowest BCUT2D eigenvalue weighted by molar-refractivity contribution is -0.383. The number of nitrogens with zero attached hydrogens (tertiary/aromatic N) is 2. The van der Waals surface area contributed by atoms with E-state index in [-0.39, 0.29) is 29.6 Å². The molecule has 0 aliphatic rings. The first-order valence-electron chi connectivity index (χ1n) is 4.89. The minimum Gasteiger partial charge on any atom is -0.393 e. The number of nitro groups is 1. The van der Waals surface area contributed by atoms with E-state index < -0.39 is 4.92 Å². The van der Waals surface area contributed by atoms with Gasteiger partial charge in [0, 0.05) is 18.7 Å². The molecule has 0 aromatic heterocycles. The highest BCUT2D eigenvalue weighted by molar-refractivity contribution is 5.98. The van der Waals surface area contributed by atoms with Crippen LogP contribution in [-0.2, 0) is 4.74 Å². The van der Waals surface area contributed by atoms with E-state index >= 15 is 0 Å². The molecule has 0 aliphatic carbocycles. The SMILES string of the molecule is COCCN=C(N)c1ccc(N)c([N+](=O)[O-])c1.Cl. The summed E-state index contributed by atoms with van der Waals surface area (Å²) in [5.74, 6) is 0.227. The molecule has 1 aromatic carbocycles. The molecule has 0 saturated heterocycles. The molecule has 100 valence electrons. The fourth-order valence-corrected chi connectivity index (χ4v) is 1.21. The number of anilines is 1. The van der Waals surface area contributed by atoms with Gasteiger partial charge in [-0.1, -0.05) is 0 Å². The van der Waals surface area contributed by atoms with Crippen LogP contribution in [0.25, 0.3) is 0 Å². The van der Waals surface area contributed by atoms with Crippen LogP contribution in [0.3, 0.4) is 0 Å². The predicted molar refractivity (Wildman–Crippen MR) is 72.2 cm³/mol. The third kappa shape index (κ3) is 4.19. The molecule has 0 unspecified atom stereocenters. The Labute approximate surface area is 110 Å². The summed E-state index contributed by atoms with van der Waals surface area (Å²) in [5.41, 5.74) is 11.6. The van der Waals surface area contributed by atoms with Crippen molar-refractivity contribution >= 4 is 29.6 Å². The minimum absolute atomic E-state index is 0. The first-order valence-corrected chi connectivity index (χ1v) is 4.89. The Balaban J connectivity index is 0.00000289. The van der Waals surface area contributed by atoms with E-state index in [1.54, 1.807) is 13.2 Å². The number of hydrogen-bond donors (Lipinski definition) is 2. The maximum Gasteiger partial charge on any atom is 0.292 e. The van der Waals surface area contributed by atoms with Gasteiger partial charge in [-0.2, -0.15) is 0 Å². The second-order valence-corrected chi connectivity index (χ2v) is 3.29. The normalized spacial score (nSPS) is 10.8. The van der Waals surface area contributed by atoms with Crippen molar-refractivity contribution in [3.63, 3.8) is 0 Å². The first-order chi connectivity index (χ1) is 8.06. The molecule has 0 fully saturated rings. The van der Waals surface area contributed by atoms with Gasteiger partial charge in [-0.05, 0) is 12.1 Å². The van der Waals surface area contributed by atoms with Crippen molar-refractivity contribution in [2.24, 2.45) is 10.7 Å². The molecule has 0 saturated carbocycles. The van der Waals surface area contributed by atoms with Crippen LogP contribution in [0.1, 0.15) is 5.56 Å². The van der Waals surface area contributed by atoms with E-state index in [0.717, 1.165) is 0 Å². The summed E-state index contributed by atoms with van der Waals surface area (Å²) in [6.07, 6.45) is 0. The average Bonchev–Trinajstić information content (AvgIpc) is 2.29. The summed E-state index contributed by atoms with van der Waals surface area (Å²) in [4.78, 5) is 14.1. The van der Waals surface area contributed by atoms with Gasteiger partial charge in [0.05, 0.1) is 18.1 Å². The highest BCUT2D eigenvalue weighted by Gasteiger charge is 2.13. The van der Waals surface area contributed by atoms with Gasteiger partial charge in [-0.25, -0.2) is 0 Å². The van der Waals surface area contributed by atoms with Crippen molar-refractivity contribution in [1.29, 1.82) is 0 Å². The van der Waals surface area contributed by atoms with Crippen molar-refractivity contribution in [2.75, 3.05) is 26.0 Å². The molecular weight excluding hydrogens is 260 g/mol. The first kappa shape index (κ1) is 16.1. The number of methoxy groups -OCH3 is 1. The second-order valence-electron chi connectivity index (χ2n) is 3.29. The Hall–Kier alpha value is -1.86. The number of aliphatic imine (C=N–C) groups is 1. The topological polar surface area (TPSA) is 117 Å². The minimum atomic E-state index is -0.554. The van der Waals surface area contributed by atoms with Gasteiger partial charge >= 0.3 is 0 Å². The number of halogens is 1. The molecule has 18 heavy (non-hydrogen) atoms. The van der Waals surface area contributed by atoms with Crippen LogP contribution in [0.2, 0.25) is 0 Å². The van der Waals surface area contributed by atoms with E-state index in [0.29, 0.717) is 18.7 Å². The Bertz CT molecular complexity index is 451. The predicted octanol–water partition coefficient (Wildman–Crippen LogP) is 0.951. The maximum absolute atomic E-state index is 10.7. The smallest absolute Gasteiger partial charge is 0.292 e. The van der Waals surface area contributed by atoms with Gasteiger partial charge in [0.1, 0.15) is 11.5 Å². The van der Waals surface area contributed by atoms with Crippen LogP contribution >= 0.6 is 12.4 Å². The molecule has 8 heteroatoms. The highest BCUT2D eigenvalue weighted by atomic mass is 35.5. The molecule has 1 rings (SSSR count). The number of ether oxygens (including phenoxy) is 1. The van der Waals surface area contributed by atoms with E-state index in [1.807, 2.05) is 0 Å². The summed E-state index contributed by atoms with van der Waals surface area (Å²) in [6.45, 7) is 0.846. The Morgan fingerprint density at radius 3 is 2.78 bits per heavy atom. The molecule has 0 amide bonds. The Morgan fingerprint density at radius 1 is 1.56 bits per heavy atom. The molecule has 0 atom stereocenters. The third-order valence-electron chi connectivity index (χ3n) is 2.10. The van der Waals surface area contributed by atoms with Crippen LogP contribution in [0.5, 0.6) is 0 Å². The third-order valence-corrected chi connectivity index (χ3v) is 2.10. The number of nitro benzene ring substituents is 1. The van der Waals surface area contributed by atoms with E-state index in [9.17, 15) is 10.1 Å². The zero-order valence-corrected chi connectivity index (χ0v) is 10.6. The molecule has 1 aromatic rings. The lowest BCUT2D eigenvalue weighted by Crippen LogP contribution is -2.15. The zero-order valence-electron chi connectivity index (χ0n) is 9.83. The molecule has 0 heterocycles. The standard InChI is InChI=1S/C10H14N4O3.ClH/c1-17-5-4-13-10(12)7-2-3-8(11)9(6-7)14(15)16;/h2-3,6H,4-5,11H2,1H3,(H2,12,13);1H. The molecular formula is C10H15ClN4O3. The van der Waals surface area contributed by atoms with Crippen LogP contribution in [0.15, 0.2) is 23.2 Å². The summed E-state index contributed by atoms with van der Waals surface area (Å²) in [7, 11) is 1.56. The van der Waals surface area contributed by atoms with Gasteiger partial charge in [-0.3, -0.25) is 15.1 Å². The second kappa shape index (κ2) is 7.46. The molecule has 0 bridgehead atoms. The number of benzene rings is 1. The maximum atomic E-state index is 10.7. The van der Waals surface area contributed by atoms with Crippen molar-refractivity contribution in [3.8, 4) is 0 Å². The van der Waals surface area contributed by atoms with Gasteiger partial charge in [0.25, 0.3) is 5.69 Å². The van der Waals surface area contributed by atoms with E-state index in [2.05, 4.69) is 4.99 Å². The molecule has 7 nitrogen and oxygen atoms in total. The summed E-state index contributed by atoms with van der Waals surface area (Å²) in [5, 5.41) is 10.7. The number of rotatable bonds is 5. The van der Waals surface area contributed by atoms with Gasteiger partial charge in [0.15, 0.2) is 0 Å². The quantitative estimate of drug-likeness (QED) is 0.207. The van der Waals surface area contributed by atoms with Crippen LogP contribution in [0, 0.1) is 10.1 Å². The van der Waals surface area contributed by atoms with E-state index in [1.165, 1.54) is 12.1 Å². The molecule has 0 radical (unpaired) electrons. The highest BCUT2D eigenvalue weighted by Crippen LogP contribution is 2.22. The number of hydrogen-bond acceptors (Lipinski definition) is 5. The largest absolute Gasteiger partial charge is 0.393 e. The fraction of sp³-hybridized carbons (Fsp3) is 0.300. The number of amidine groups is 1. The molecule has 0 spiro atoms. The Kier molecular flexibility index (Phi) is 6.69. The summed E-state index contributed by atoms with van der Waals surface area (Å²) >= 11 is 0. The monoisotopic (exact) mass is 274 g/mol. The van der Waals surface area contributed by atoms with E-state index in [4.69, 9.17) is 16.2 Å². The van der Waals surface area contributed by atoms with Gasteiger partial charge in [0.2, 0.25) is 0 Å². The van der Waals surface area contributed by atoms with Crippen LogP contribution in [0.4, 0.5) is 11.4 Å². The lowest BCUT2D eigenvalue weighted by atomic mass is 10.1. The van der Waals surface area contributed by atoms with Crippen molar-refractivity contribution < 1.29 is 9.66 Å². The van der Waals surface area contributed by atoms with Crippen LogP contribution < -0.4 is 11.5 Å². The average molecular weight is 275 g/mol. The van der Waals surface area contributed by atoms with Crippen molar-refractivity contribution in [1.82, 2.24) is 0 Å². The lowest BCUT2D eigenvalue weighted by Gasteiger charge is -2.03. The summed E-state index contributed by atoms with van der Waals surface area (Å²) < 4.78 is 4.82. The number of nitrogen functional groups attached to an aromatic ring is 1. The number of nitrogens with two attached hydrogens (primary N) is 2. The van der Waals surface area contributed by atoms with Gasteiger partial charge < -0.3 is 16.2 Å².